The zero-order valence-corrected chi connectivity index (χ0v) is 12.5. The first-order valence-corrected chi connectivity index (χ1v) is 6.84. The van der Waals surface area contributed by atoms with Gasteiger partial charge in [0.2, 0.25) is 0 Å². The van der Waals surface area contributed by atoms with Crippen molar-refractivity contribution in [2.75, 3.05) is 0 Å². The monoisotopic (exact) mass is 297 g/mol. The molecule has 3 heteroatoms. The summed E-state index contributed by atoms with van der Waals surface area (Å²) in [7, 11) is 0. The van der Waals surface area contributed by atoms with Crippen LogP contribution in [0.3, 0.4) is 0 Å². The molecule has 1 atom stereocenters. The number of hydrogen-bond acceptors (Lipinski definition) is 1. The van der Waals surface area contributed by atoms with Crippen molar-refractivity contribution >= 4 is 21.8 Å². The van der Waals surface area contributed by atoms with Gasteiger partial charge in [0.05, 0.1) is 0 Å². The summed E-state index contributed by atoms with van der Waals surface area (Å²) in [4.78, 5) is 12.2. The van der Waals surface area contributed by atoms with E-state index < -0.39 is 0 Å². The van der Waals surface area contributed by atoms with Gasteiger partial charge in [0.15, 0.2) is 0 Å². The SMILES string of the molecule is CCc1ccc(C(=O)NC(C)(C)C(C)Br)cc1. The molecule has 0 heterocycles. The van der Waals surface area contributed by atoms with Crippen molar-refractivity contribution in [3.8, 4) is 0 Å². The van der Waals surface area contributed by atoms with E-state index in [9.17, 15) is 4.79 Å². The van der Waals surface area contributed by atoms with Crippen molar-refractivity contribution in [1.29, 1.82) is 0 Å². The van der Waals surface area contributed by atoms with Crippen LogP contribution in [0.15, 0.2) is 24.3 Å². The van der Waals surface area contributed by atoms with E-state index in [0.29, 0.717) is 5.56 Å². The first-order valence-electron chi connectivity index (χ1n) is 5.92. The molecule has 0 aliphatic heterocycles. The van der Waals surface area contributed by atoms with Gasteiger partial charge in [-0.2, -0.15) is 0 Å². The van der Waals surface area contributed by atoms with Crippen LogP contribution in [0.5, 0.6) is 0 Å². The van der Waals surface area contributed by atoms with Gasteiger partial charge in [-0.05, 0) is 38.0 Å². The molecule has 17 heavy (non-hydrogen) atoms. The third-order valence-corrected chi connectivity index (χ3v) is 4.20. The Hall–Kier alpha value is -0.830. The maximum atomic E-state index is 12.0. The lowest BCUT2D eigenvalue weighted by molar-refractivity contribution is 0.0914. The lowest BCUT2D eigenvalue weighted by atomic mass is 10.0. The Kier molecular flexibility index (Phi) is 4.75. The van der Waals surface area contributed by atoms with Crippen LogP contribution in [0.1, 0.15) is 43.6 Å². The molecule has 1 N–H and O–H groups in total. The predicted molar refractivity (Wildman–Crippen MR) is 75.8 cm³/mol. The average molecular weight is 298 g/mol. The zero-order chi connectivity index (χ0) is 13.1. The van der Waals surface area contributed by atoms with Gasteiger partial charge in [0.1, 0.15) is 0 Å². The van der Waals surface area contributed by atoms with Crippen LogP contribution in [0.25, 0.3) is 0 Å². The number of nitrogens with one attached hydrogen (secondary N) is 1. The molecule has 0 fully saturated rings. The van der Waals surface area contributed by atoms with Crippen molar-refractivity contribution in [3.05, 3.63) is 35.4 Å². The van der Waals surface area contributed by atoms with Gasteiger partial charge in [0, 0.05) is 15.9 Å². The summed E-state index contributed by atoms with van der Waals surface area (Å²) in [5, 5.41) is 3.02. The normalized spacial score (nSPS) is 13.2. The molecule has 1 amide bonds. The highest BCUT2D eigenvalue weighted by Crippen LogP contribution is 2.17. The molecule has 0 radical (unpaired) electrons. The second kappa shape index (κ2) is 5.67. The van der Waals surface area contributed by atoms with Crippen molar-refractivity contribution in [2.24, 2.45) is 0 Å². The Morgan fingerprint density at radius 3 is 2.29 bits per heavy atom. The van der Waals surface area contributed by atoms with Crippen molar-refractivity contribution in [3.63, 3.8) is 0 Å². The molecule has 1 rings (SSSR count). The standard InChI is InChI=1S/C14H20BrNO/c1-5-11-6-8-12(9-7-11)13(17)16-14(3,4)10(2)15/h6-10H,5H2,1-4H3,(H,16,17). The van der Waals surface area contributed by atoms with E-state index in [4.69, 9.17) is 0 Å². The number of aryl methyl sites for hydroxylation is 1. The van der Waals surface area contributed by atoms with E-state index in [1.54, 1.807) is 0 Å². The van der Waals surface area contributed by atoms with Gasteiger partial charge in [-0.25, -0.2) is 0 Å². The summed E-state index contributed by atoms with van der Waals surface area (Å²) >= 11 is 3.51. The number of hydrogen-bond donors (Lipinski definition) is 1. The molecule has 94 valence electrons. The molecule has 0 spiro atoms. The molecule has 0 aliphatic rings. The van der Waals surface area contributed by atoms with Crippen molar-refractivity contribution < 1.29 is 4.79 Å². The second-order valence-electron chi connectivity index (χ2n) is 4.84. The van der Waals surface area contributed by atoms with Crippen molar-refractivity contribution in [2.45, 2.75) is 44.5 Å². The zero-order valence-electron chi connectivity index (χ0n) is 10.9. The van der Waals surface area contributed by atoms with E-state index in [2.05, 4.69) is 28.2 Å². The highest BCUT2D eigenvalue weighted by Gasteiger charge is 2.25. The Bertz CT molecular complexity index is 382. The highest BCUT2D eigenvalue weighted by atomic mass is 79.9. The number of benzene rings is 1. The fourth-order valence-corrected chi connectivity index (χ4v) is 1.47. The summed E-state index contributed by atoms with van der Waals surface area (Å²) in [5.41, 5.74) is 1.69. The molecule has 1 unspecified atom stereocenters. The van der Waals surface area contributed by atoms with Crippen LogP contribution in [0, 0.1) is 0 Å². The van der Waals surface area contributed by atoms with E-state index in [0.717, 1.165) is 6.42 Å². The van der Waals surface area contributed by atoms with Crippen LogP contribution in [0.2, 0.25) is 0 Å². The Balaban J connectivity index is 2.76. The number of carbonyl (C=O) groups excluding carboxylic acids is 1. The minimum atomic E-state index is -0.263. The number of carbonyl (C=O) groups is 1. The minimum Gasteiger partial charge on any atom is -0.346 e. The van der Waals surface area contributed by atoms with Crippen molar-refractivity contribution in [1.82, 2.24) is 5.32 Å². The van der Waals surface area contributed by atoms with Gasteiger partial charge in [0.25, 0.3) is 5.91 Å². The number of alkyl halides is 1. The Morgan fingerprint density at radius 2 is 1.88 bits per heavy atom. The van der Waals surface area contributed by atoms with Crippen LogP contribution < -0.4 is 5.32 Å². The van der Waals surface area contributed by atoms with Crippen LogP contribution in [-0.2, 0) is 6.42 Å². The summed E-state index contributed by atoms with van der Waals surface area (Å²) in [6.07, 6.45) is 0.992. The quantitative estimate of drug-likeness (QED) is 0.846. The Morgan fingerprint density at radius 1 is 1.35 bits per heavy atom. The lowest BCUT2D eigenvalue weighted by Gasteiger charge is -2.29. The van der Waals surface area contributed by atoms with E-state index in [1.807, 2.05) is 45.0 Å². The third kappa shape index (κ3) is 3.84. The van der Waals surface area contributed by atoms with Gasteiger partial charge >= 0.3 is 0 Å². The molecular formula is C14H20BrNO. The van der Waals surface area contributed by atoms with Crippen LogP contribution >= 0.6 is 15.9 Å². The Labute approximate surface area is 112 Å². The topological polar surface area (TPSA) is 29.1 Å². The smallest absolute Gasteiger partial charge is 0.251 e. The summed E-state index contributed by atoms with van der Waals surface area (Å²) < 4.78 is 0. The molecule has 0 saturated heterocycles. The number of amides is 1. The largest absolute Gasteiger partial charge is 0.346 e. The molecule has 0 saturated carbocycles. The molecule has 0 aromatic heterocycles. The van der Waals surface area contributed by atoms with Crippen LogP contribution in [0.4, 0.5) is 0 Å². The molecule has 0 aliphatic carbocycles. The van der Waals surface area contributed by atoms with Gasteiger partial charge < -0.3 is 5.32 Å². The fraction of sp³-hybridized carbons (Fsp3) is 0.500. The first-order chi connectivity index (χ1) is 7.86. The first kappa shape index (κ1) is 14.2. The van der Waals surface area contributed by atoms with E-state index >= 15 is 0 Å². The lowest BCUT2D eigenvalue weighted by Crippen LogP contribution is -2.48. The molecule has 1 aromatic rings. The maximum Gasteiger partial charge on any atom is 0.251 e. The average Bonchev–Trinajstić information content (AvgIpc) is 2.28. The van der Waals surface area contributed by atoms with Crippen LogP contribution in [-0.4, -0.2) is 16.3 Å². The van der Waals surface area contributed by atoms with Gasteiger partial charge in [-0.3, -0.25) is 4.79 Å². The highest BCUT2D eigenvalue weighted by molar-refractivity contribution is 9.09. The maximum absolute atomic E-state index is 12.0. The summed E-state index contributed by atoms with van der Waals surface area (Å²) in [6, 6.07) is 7.76. The predicted octanol–water partition coefficient (Wildman–Crippen LogP) is 3.54. The minimum absolute atomic E-state index is 0.0241. The van der Waals surface area contributed by atoms with E-state index in [-0.39, 0.29) is 16.3 Å². The molecular weight excluding hydrogens is 278 g/mol. The summed E-state index contributed by atoms with van der Waals surface area (Å²) in [5.74, 6) is -0.0241. The molecule has 1 aromatic carbocycles. The second-order valence-corrected chi connectivity index (χ2v) is 6.22. The number of rotatable bonds is 4. The van der Waals surface area contributed by atoms with Gasteiger partial charge in [-0.15, -0.1) is 0 Å². The summed E-state index contributed by atoms with van der Waals surface area (Å²) in [6.45, 7) is 8.14. The van der Waals surface area contributed by atoms with Gasteiger partial charge in [-0.1, -0.05) is 41.9 Å². The third-order valence-electron chi connectivity index (χ3n) is 3.05. The van der Waals surface area contributed by atoms with E-state index in [1.165, 1.54) is 5.56 Å². The number of halogens is 1. The fourth-order valence-electron chi connectivity index (χ4n) is 1.36. The molecule has 0 bridgehead atoms. The molecule has 2 nitrogen and oxygen atoms in total.